The van der Waals surface area contributed by atoms with Crippen molar-refractivity contribution >= 4 is 33.8 Å². The maximum absolute atomic E-state index is 12.7. The van der Waals surface area contributed by atoms with E-state index in [4.69, 9.17) is 9.47 Å². The predicted molar refractivity (Wildman–Crippen MR) is 114 cm³/mol. The molecule has 3 aromatic rings. The molecule has 4 rings (SSSR count). The number of Topliss-reactive ketones (excluding diaryl/α,β-unsaturated/α-hetero) is 1. The fourth-order valence-electron chi connectivity index (χ4n) is 3.07. The van der Waals surface area contributed by atoms with Crippen molar-refractivity contribution < 1.29 is 19.1 Å². The molecule has 0 radical (unpaired) electrons. The van der Waals surface area contributed by atoms with E-state index in [1.165, 1.54) is 0 Å². The van der Waals surface area contributed by atoms with Crippen LogP contribution in [-0.4, -0.2) is 11.8 Å². The number of benzene rings is 3. The van der Waals surface area contributed by atoms with Crippen LogP contribution in [0.4, 0.5) is 0 Å². The van der Waals surface area contributed by atoms with Gasteiger partial charge in [-0.2, -0.15) is 0 Å². The van der Waals surface area contributed by atoms with Crippen molar-refractivity contribution in [2.75, 3.05) is 0 Å². The van der Waals surface area contributed by atoms with Gasteiger partial charge in [-0.1, -0.05) is 42.0 Å². The third-order valence-corrected chi connectivity index (χ3v) is 5.40. The molecule has 0 saturated heterocycles. The third kappa shape index (κ3) is 3.74. The summed E-state index contributed by atoms with van der Waals surface area (Å²) in [6.07, 6.45) is 1.72. The summed E-state index contributed by atoms with van der Waals surface area (Å²) in [5.41, 5.74) is 3.50. The molecule has 0 amide bonds. The molecular weight excluding hydrogens is 432 g/mol. The molecule has 1 heterocycles. The summed E-state index contributed by atoms with van der Waals surface area (Å²) in [6, 6.07) is 18.1. The summed E-state index contributed by atoms with van der Waals surface area (Å²) in [4.78, 5) is 25.2. The van der Waals surface area contributed by atoms with Gasteiger partial charge in [0, 0.05) is 10.0 Å². The first-order valence-electron chi connectivity index (χ1n) is 9.05. The van der Waals surface area contributed by atoms with Crippen LogP contribution in [0, 0.1) is 13.8 Å². The summed E-state index contributed by atoms with van der Waals surface area (Å²) in [5, 5.41) is 0. The van der Waals surface area contributed by atoms with Crippen LogP contribution in [0.3, 0.4) is 0 Å². The number of hydrogen-bond acceptors (Lipinski definition) is 4. The number of allylic oxidation sites excluding steroid dienone is 1. The predicted octanol–water partition coefficient (Wildman–Crippen LogP) is 5.90. The quantitative estimate of drug-likeness (QED) is 0.284. The average molecular weight is 449 g/mol. The van der Waals surface area contributed by atoms with Crippen molar-refractivity contribution in [1.82, 2.24) is 0 Å². The van der Waals surface area contributed by atoms with Crippen molar-refractivity contribution in [3.05, 3.63) is 98.7 Å². The van der Waals surface area contributed by atoms with Crippen molar-refractivity contribution in [2.45, 2.75) is 13.8 Å². The fraction of sp³-hybridized carbons (Fsp3) is 0.0833. The van der Waals surface area contributed by atoms with E-state index in [1.807, 2.05) is 37.3 Å². The molecule has 0 spiro atoms. The maximum atomic E-state index is 12.7. The minimum absolute atomic E-state index is 0.188. The first kappa shape index (κ1) is 19.2. The van der Waals surface area contributed by atoms with Crippen molar-refractivity contribution in [1.29, 1.82) is 0 Å². The Bertz CT molecular complexity index is 1160. The Balaban J connectivity index is 1.62. The number of hydrogen-bond donors (Lipinski definition) is 0. The highest BCUT2D eigenvalue weighted by Gasteiger charge is 2.30. The molecule has 0 atom stereocenters. The van der Waals surface area contributed by atoms with E-state index in [9.17, 15) is 9.59 Å². The van der Waals surface area contributed by atoms with Crippen LogP contribution in [0.15, 0.2) is 70.9 Å². The summed E-state index contributed by atoms with van der Waals surface area (Å²) in [7, 11) is 0. The van der Waals surface area contributed by atoms with E-state index < -0.39 is 5.97 Å². The summed E-state index contributed by atoms with van der Waals surface area (Å²) >= 11 is 3.35. The van der Waals surface area contributed by atoms with Crippen LogP contribution < -0.4 is 9.47 Å². The first-order chi connectivity index (χ1) is 13.9. The lowest BCUT2D eigenvalue weighted by Crippen LogP contribution is -2.10. The number of esters is 1. The first-order valence-corrected chi connectivity index (χ1v) is 9.84. The second-order valence-corrected chi connectivity index (χ2v) is 7.64. The zero-order valence-electron chi connectivity index (χ0n) is 15.9. The Kier molecular flexibility index (Phi) is 5.07. The highest BCUT2D eigenvalue weighted by molar-refractivity contribution is 9.10. The van der Waals surface area contributed by atoms with Crippen molar-refractivity contribution in [3.63, 3.8) is 0 Å². The number of aryl methyl sites for hydroxylation is 1. The van der Waals surface area contributed by atoms with Gasteiger partial charge in [-0.25, -0.2) is 4.79 Å². The molecule has 0 aromatic heterocycles. The second kappa shape index (κ2) is 7.68. The summed E-state index contributed by atoms with van der Waals surface area (Å²) in [5.74, 6) is 0.355. The molecule has 0 saturated carbocycles. The van der Waals surface area contributed by atoms with Gasteiger partial charge in [0.05, 0.1) is 11.1 Å². The van der Waals surface area contributed by atoms with E-state index >= 15 is 0 Å². The van der Waals surface area contributed by atoms with E-state index in [1.54, 1.807) is 43.3 Å². The molecule has 1 aliphatic heterocycles. The standard InChI is InChI=1S/C24H17BrO4/c1-14-7-9-16(10-8-14)13-21-22(26)18-11-12-20(15(2)23(18)28-21)29-24(27)17-5-3-4-6-19(17)25/h3-13H,1-2H3/b21-13-. The van der Waals surface area contributed by atoms with E-state index in [2.05, 4.69) is 15.9 Å². The van der Waals surface area contributed by atoms with Crippen LogP contribution in [0.2, 0.25) is 0 Å². The molecule has 3 aromatic carbocycles. The molecule has 4 nitrogen and oxygen atoms in total. The highest BCUT2D eigenvalue weighted by atomic mass is 79.9. The Hall–Kier alpha value is -3.18. The monoisotopic (exact) mass is 448 g/mol. The Morgan fingerprint density at radius 3 is 2.45 bits per heavy atom. The van der Waals surface area contributed by atoms with Crippen molar-refractivity contribution in [2.24, 2.45) is 0 Å². The summed E-state index contributed by atoms with van der Waals surface area (Å²) < 4.78 is 12.1. The number of carbonyl (C=O) groups is 2. The zero-order chi connectivity index (χ0) is 20.5. The SMILES string of the molecule is Cc1ccc(/C=C2\Oc3c(ccc(OC(=O)c4ccccc4Br)c3C)C2=O)cc1. The van der Waals surface area contributed by atoms with Crippen LogP contribution in [0.25, 0.3) is 6.08 Å². The van der Waals surface area contributed by atoms with Crippen LogP contribution in [-0.2, 0) is 0 Å². The number of fused-ring (bicyclic) bond motifs is 1. The van der Waals surface area contributed by atoms with Gasteiger partial charge in [-0.15, -0.1) is 0 Å². The Labute approximate surface area is 176 Å². The lowest BCUT2D eigenvalue weighted by molar-refractivity contribution is 0.0732. The highest BCUT2D eigenvalue weighted by Crippen LogP contribution is 2.39. The normalized spacial score (nSPS) is 13.9. The third-order valence-electron chi connectivity index (χ3n) is 4.71. The van der Waals surface area contributed by atoms with Gasteiger partial charge in [-0.3, -0.25) is 4.79 Å². The molecule has 0 bridgehead atoms. The van der Waals surface area contributed by atoms with Crippen LogP contribution >= 0.6 is 15.9 Å². The smallest absolute Gasteiger partial charge is 0.344 e. The van der Waals surface area contributed by atoms with Crippen LogP contribution in [0.1, 0.15) is 37.4 Å². The number of ether oxygens (including phenoxy) is 2. The van der Waals surface area contributed by atoms with Gasteiger partial charge in [-0.05, 0) is 65.7 Å². The largest absolute Gasteiger partial charge is 0.452 e. The number of rotatable bonds is 3. The summed E-state index contributed by atoms with van der Waals surface area (Å²) in [6.45, 7) is 3.77. The molecule has 1 aliphatic rings. The van der Waals surface area contributed by atoms with E-state index in [0.29, 0.717) is 32.7 Å². The Morgan fingerprint density at radius 2 is 1.72 bits per heavy atom. The van der Waals surface area contributed by atoms with Gasteiger partial charge in [0.15, 0.2) is 5.76 Å². The molecule has 144 valence electrons. The van der Waals surface area contributed by atoms with Gasteiger partial charge >= 0.3 is 5.97 Å². The average Bonchev–Trinajstić information content (AvgIpc) is 3.02. The lowest BCUT2D eigenvalue weighted by Gasteiger charge is -2.10. The van der Waals surface area contributed by atoms with E-state index in [-0.39, 0.29) is 11.5 Å². The molecule has 0 N–H and O–H groups in total. The number of carbonyl (C=O) groups excluding carboxylic acids is 2. The van der Waals surface area contributed by atoms with Crippen LogP contribution in [0.5, 0.6) is 11.5 Å². The molecule has 29 heavy (non-hydrogen) atoms. The van der Waals surface area contributed by atoms with Gasteiger partial charge in [0.2, 0.25) is 5.78 Å². The fourth-order valence-corrected chi connectivity index (χ4v) is 3.52. The molecule has 0 aliphatic carbocycles. The van der Waals surface area contributed by atoms with Crippen molar-refractivity contribution in [3.8, 4) is 11.5 Å². The number of ketones is 1. The zero-order valence-corrected chi connectivity index (χ0v) is 17.4. The minimum atomic E-state index is -0.486. The topological polar surface area (TPSA) is 52.6 Å². The number of halogens is 1. The molecule has 0 fully saturated rings. The van der Waals surface area contributed by atoms with Gasteiger partial charge in [0.1, 0.15) is 11.5 Å². The van der Waals surface area contributed by atoms with Gasteiger partial charge < -0.3 is 9.47 Å². The Morgan fingerprint density at radius 1 is 1.00 bits per heavy atom. The molecule has 5 heteroatoms. The maximum Gasteiger partial charge on any atom is 0.344 e. The van der Waals surface area contributed by atoms with E-state index in [0.717, 1.165) is 11.1 Å². The molecule has 0 unspecified atom stereocenters. The minimum Gasteiger partial charge on any atom is -0.452 e. The van der Waals surface area contributed by atoms with Gasteiger partial charge in [0.25, 0.3) is 0 Å². The second-order valence-electron chi connectivity index (χ2n) is 6.79. The molecular formula is C24H17BrO4. The lowest BCUT2D eigenvalue weighted by atomic mass is 10.1.